The number of thioether (sulfide) groups is 1. The van der Waals surface area contributed by atoms with E-state index in [9.17, 15) is 14.7 Å². The lowest BCUT2D eigenvalue weighted by Crippen LogP contribution is -2.36. The first-order valence-electron chi connectivity index (χ1n) is 4.65. The first-order valence-corrected chi connectivity index (χ1v) is 5.80. The van der Waals surface area contributed by atoms with Crippen LogP contribution in [-0.2, 0) is 14.4 Å². The number of aliphatic carboxylic acids is 1. The third kappa shape index (κ3) is 3.91. The second kappa shape index (κ2) is 5.75. The number of carbonyl (C=O) groups excluding carboxylic acids is 2. The normalized spacial score (nSPS) is 18.6. The van der Waals surface area contributed by atoms with Crippen molar-refractivity contribution in [3.05, 3.63) is 0 Å². The predicted octanol–water partition coefficient (Wildman–Crippen LogP) is -0.407. The summed E-state index contributed by atoms with van der Waals surface area (Å²) < 4.78 is 0. The molecule has 0 bridgehead atoms. The van der Waals surface area contributed by atoms with Crippen molar-refractivity contribution in [2.24, 2.45) is 5.16 Å². The van der Waals surface area contributed by atoms with Crippen LogP contribution in [0.4, 0.5) is 0 Å². The maximum absolute atomic E-state index is 10.8. The zero-order valence-electron chi connectivity index (χ0n) is 8.39. The van der Waals surface area contributed by atoms with Gasteiger partial charge >= 0.3 is 0 Å². The Balaban J connectivity index is 2.52. The minimum atomic E-state index is -1.59. The van der Waals surface area contributed by atoms with E-state index >= 15 is 0 Å². The number of carboxylic acids is 1. The topological polar surface area (TPSA) is 78.8 Å². The Bertz CT molecular complexity index is 268. The fraction of sp³-hybridized carbons (Fsp3) is 0.667. The Hall–Kier alpha value is -1.04. The van der Waals surface area contributed by atoms with E-state index in [4.69, 9.17) is 4.84 Å². The minimum absolute atomic E-state index is 0.0834. The molecule has 1 fully saturated rings. The molecule has 1 aliphatic rings. The van der Waals surface area contributed by atoms with Gasteiger partial charge in [0.15, 0.2) is 11.5 Å². The molecule has 1 rings (SSSR count). The molecule has 0 aromatic rings. The van der Waals surface area contributed by atoms with E-state index in [-0.39, 0.29) is 6.10 Å². The molecule has 15 heavy (non-hydrogen) atoms. The van der Waals surface area contributed by atoms with Gasteiger partial charge in [-0.05, 0) is 24.3 Å². The molecule has 1 aliphatic heterocycles. The summed E-state index contributed by atoms with van der Waals surface area (Å²) in [5, 5.41) is 13.8. The summed E-state index contributed by atoms with van der Waals surface area (Å²) in [6.45, 7) is 1.12. The molecular formula is C9H12NO4S-. The lowest BCUT2D eigenvalue weighted by molar-refractivity contribution is -0.294. The van der Waals surface area contributed by atoms with E-state index in [1.165, 1.54) is 0 Å². The highest BCUT2D eigenvalue weighted by Gasteiger charge is 2.16. The fourth-order valence-corrected chi connectivity index (χ4v) is 2.22. The molecule has 1 saturated heterocycles. The van der Waals surface area contributed by atoms with E-state index < -0.39 is 17.5 Å². The van der Waals surface area contributed by atoms with Crippen LogP contribution in [0.2, 0.25) is 0 Å². The van der Waals surface area contributed by atoms with E-state index in [0.29, 0.717) is 0 Å². The van der Waals surface area contributed by atoms with Crippen LogP contribution in [-0.4, -0.2) is 35.1 Å². The van der Waals surface area contributed by atoms with Gasteiger partial charge in [-0.3, -0.25) is 4.79 Å². The van der Waals surface area contributed by atoms with Crippen LogP contribution >= 0.6 is 11.8 Å². The average Bonchev–Trinajstić information content (AvgIpc) is 2.18. The molecule has 0 saturated carbocycles. The van der Waals surface area contributed by atoms with Gasteiger partial charge < -0.3 is 14.7 Å². The average molecular weight is 230 g/mol. The van der Waals surface area contributed by atoms with Crippen molar-refractivity contribution in [1.82, 2.24) is 0 Å². The SMILES string of the molecule is CC(=O)/C(=N/OC1CCSCC1)C(=O)[O-]. The Labute approximate surface area is 91.9 Å². The third-order valence-corrected chi connectivity index (χ3v) is 3.04. The van der Waals surface area contributed by atoms with Crippen molar-refractivity contribution in [2.75, 3.05) is 11.5 Å². The summed E-state index contributed by atoms with van der Waals surface area (Å²) in [6.07, 6.45) is 1.57. The second-order valence-electron chi connectivity index (χ2n) is 3.20. The molecular weight excluding hydrogens is 218 g/mol. The summed E-state index contributed by atoms with van der Waals surface area (Å²) >= 11 is 1.82. The number of ketones is 1. The summed E-state index contributed by atoms with van der Waals surface area (Å²) in [4.78, 5) is 26.3. The Kier molecular flexibility index (Phi) is 4.61. The summed E-state index contributed by atoms with van der Waals surface area (Å²) in [5.41, 5.74) is -0.645. The predicted molar refractivity (Wildman–Crippen MR) is 54.6 cm³/mol. The lowest BCUT2D eigenvalue weighted by Gasteiger charge is -2.19. The van der Waals surface area contributed by atoms with Crippen molar-refractivity contribution in [3.63, 3.8) is 0 Å². The van der Waals surface area contributed by atoms with Crippen LogP contribution in [0.1, 0.15) is 19.8 Å². The largest absolute Gasteiger partial charge is 0.543 e. The van der Waals surface area contributed by atoms with Crippen LogP contribution in [0.15, 0.2) is 5.16 Å². The van der Waals surface area contributed by atoms with E-state index in [2.05, 4.69) is 5.16 Å². The number of carboxylic acid groups (broad SMARTS) is 1. The third-order valence-electron chi connectivity index (χ3n) is 1.99. The number of carbonyl (C=O) groups is 2. The Morgan fingerprint density at radius 1 is 1.40 bits per heavy atom. The number of hydrogen-bond acceptors (Lipinski definition) is 6. The smallest absolute Gasteiger partial charge is 0.183 e. The maximum Gasteiger partial charge on any atom is 0.183 e. The highest BCUT2D eigenvalue weighted by Crippen LogP contribution is 2.19. The minimum Gasteiger partial charge on any atom is -0.543 e. The molecule has 0 spiro atoms. The molecule has 1 heterocycles. The number of hydrogen-bond donors (Lipinski definition) is 0. The molecule has 0 aliphatic carbocycles. The van der Waals surface area contributed by atoms with Crippen LogP contribution in [0.5, 0.6) is 0 Å². The van der Waals surface area contributed by atoms with Crippen LogP contribution < -0.4 is 5.11 Å². The first-order chi connectivity index (χ1) is 7.11. The zero-order valence-corrected chi connectivity index (χ0v) is 9.21. The van der Waals surface area contributed by atoms with Gasteiger partial charge in [0.2, 0.25) is 0 Å². The van der Waals surface area contributed by atoms with Crippen molar-refractivity contribution >= 4 is 29.2 Å². The summed E-state index contributed by atoms with van der Waals surface area (Å²) in [6, 6.07) is 0. The number of Topliss-reactive ketones (excluding diaryl/α,β-unsaturated/α-hetero) is 1. The molecule has 0 unspecified atom stereocenters. The monoisotopic (exact) mass is 230 g/mol. The fourth-order valence-electron chi connectivity index (χ4n) is 1.15. The zero-order chi connectivity index (χ0) is 11.3. The van der Waals surface area contributed by atoms with Crippen LogP contribution in [0, 0.1) is 0 Å². The van der Waals surface area contributed by atoms with Gasteiger partial charge in [0.05, 0.1) is 5.97 Å². The quantitative estimate of drug-likeness (QED) is 0.373. The maximum atomic E-state index is 10.8. The van der Waals surface area contributed by atoms with E-state index in [0.717, 1.165) is 31.3 Å². The van der Waals surface area contributed by atoms with Crippen LogP contribution in [0.25, 0.3) is 0 Å². The Morgan fingerprint density at radius 3 is 2.47 bits per heavy atom. The van der Waals surface area contributed by atoms with Gasteiger partial charge in [-0.1, -0.05) is 5.16 Å². The van der Waals surface area contributed by atoms with Crippen molar-refractivity contribution in [2.45, 2.75) is 25.9 Å². The molecule has 0 atom stereocenters. The molecule has 84 valence electrons. The van der Waals surface area contributed by atoms with Crippen LogP contribution in [0.3, 0.4) is 0 Å². The van der Waals surface area contributed by atoms with Gasteiger partial charge in [-0.25, -0.2) is 0 Å². The van der Waals surface area contributed by atoms with Gasteiger partial charge in [0, 0.05) is 6.92 Å². The molecule has 0 N–H and O–H groups in total. The van der Waals surface area contributed by atoms with Gasteiger partial charge in [-0.15, -0.1) is 0 Å². The number of oxime groups is 1. The Morgan fingerprint density at radius 2 is 2.00 bits per heavy atom. The molecule has 0 aromatic heterocycles. The van der Waals surface area contributed by atoms with Gasteiger partial charge in [-0.2, -0.15) is 11.8 Å². The van der Waals surface area contributed by atoms with Gasteiger partial charge in [0.1, 0.15) is 6.10 Å². The second-order valence-corrected chi connectivity index (χ2v) is 4.43. The van der Waals surface area contributed by atoms with Gasteiger partial charge in [0.25, 0.3) is 0 Å². The summed E-state index contributed by atoms with van der Waals surface area (Å²) in [5.74, 6) is -0.296. The van der Waals surface area contributed by atoms with Crippen molar-refractivity contribution < 1.29 is 19.5 Å². The van der Waals surface area contributed by atoms with Crippen molar-refractivity contribution in [3.8, 4) is 0 Å². The highest BCUT2D eigenvalue weighted by molar-refractivity contribution is 7.99. The molecule has 0 amide bonds. The van der Waals surface area contributed by atoms with Crippen molar-refractivity contribution in [1.29, 1.82) is 0 Å². The lowest BCUT2D eigenvalue weighted by atomic mass is 10.2. The molecule has 0 radical (unpaired) electrons. The van der Waals surface area contributed by atoms with E-state index in [1.54, 1.807) is 0 Å². The standard InChI is InChI=1S/C9H13NO4S/c1-6(11)8(9(12)13)10-14-7-2-4-15-5-3-7/h7H,2-5H2,1H3,(H,12,13)/p-1/b10-8-. The summed E-state index contributed by atoms with van der Waals surface area (Å²) in [7, 11) is 0. The number of rotatable bonds is 4. The highest BCUT2D eigenvalue weighted by atomic mass is 32.2. The molecule has 0 aromatic carbocycles. The first kappa shape index (κ1) is 12.0. The molecule has 6 heteroatoms. The number of nitrogens with zero attached hydrogens (tertiary/aromatic N) is 1. The van der Waals surface area contributed by atoms with E-state index in [1.807, 2.05) is 11.8 Å². The molecule has 5 nitrogen and oxygen atoms in total.